The standard InChI is InChI=1S/C15H19N3O4S/c1-11(2)8-18-9-14(16-10-18)23(21,22)17-13-5-3-12(4-6-13)7-15(19)20/h3-6,9-11,17H,7-8H2,1-2H3,(H,19,20). The first kappa shape index (κ1) is 17.0. The number of hydrogen-bond acceptors (Lipinski definition) is 4. The van der Waals surface area contributed by atoms with Gasteiger partial charge in [-0.3, -0.25) is 9.52 Å². The lowest BCUT2D eigenvalue weighted by Crippen LogP contribution is -2.13. The van der Waals surface area contributed by atoms with E-state index in [1.54, 1.807) is 16.7 Å². The van der Waals surface area contributed by atoms with Gasteiger partial charge < -0.3 is 9.67 Å². The van der Waals surface area contributed by atoms with Crippen LogP contribution in [0.15, 0.2) is 41.8 Å². The highest BCUT2D eigenvalue weighted by Gasteiger charge is 2.17. The normalized spacial score (nSPS) is 11.6. The summed E-state index contributed by atoms with van der Waals surface area (Å²) >= 11 is 0. The summed E-state index contributed by atoms with van der Waals surface area (Å²) in [6.45, 7) is 4.75. The molecule has 0 spiro atoms. The van der Waals surface area contributed by atoms with Crippen LogP contribution in [0.25, 0.3) is 0 Å². The predicted molar refractivity (Wildman–Crippen MR) is 85.7 cm³/mol. The van der Waals surface area contributed by atoms with E-state index < -0.39 is 16.0 Å². The molecule has 7 nitrogen and oxygen atoms in total. The summed E-state index contributed by atoms with van der Waals surface area (Å²) in [5.74, 6) is -0.552. The zero-order valence-corrected chi connectivity index (χ0v) is 13.7. The Morgan fingerprint density at radius 2 is 1.96 bits per heavy atom. The average Bonchev–Trinajstić information content (AvgIpc) is 2.88. The van der Waals surface area contributed by atoms with Crippen LogP contribution in [-0.2, 0) is 27.8 Å². The minimum absolute atomic E-state index is 0.0484. The highest BCUT2D eigenvalue weighted by molar-refractivity contribution is 7.92. The van der Waals surface area contributed by atoms with Crippen LogP contribution in [0.5, 0.6) is 0 Å². The molecule has 2 N–H and O–H groups in total. The summed E-state index contributed by atoms with van der Waals surface area (Å²) in [5.41, 5.74) is 0.958. The van der Waals surface area contributed by atoms with E-state index in [4.69, 9.17) is 5.11 Å². The van der Waals surface area contributed by atoms with Gasteiger partial charge in [0, 0.05) is 18.4 Å². The summed E-state index contributed by atoms with van der Waals surface area (Å²) < 4.78 is 28.7. The molecule has 0 bridgehead atoms. The fourth-order valence-electron chi connectivity index (χ4n) is 2.07. The van der Waals surface area contributed by atoms with Gasteiger partial charge in [-0.25, -0.2) is 4.98 Å². The number of rotatable bonds is 7. The van der Waals surface area contributed by atoms with Gasteiger partial charge in [0.05, 0.1) is 12.7 Å². The first-order valence-electron chi connectivity index (χ1n) is 7.11. The third-order valence-electron chi connectivity index (χ3n) is 3.02. The van der Waals surface area contributed by atoms with E-state index in [1.165, 1.54) is 24.7 Å². The molecule has 0 aliphatic rings. The first-order valence-corrected chi connectivity index (χ1v) is 8.60. The Kier molecular flexibility index (Phi) is 5.05. The number of carboxylic acids is 1. The molecule has 1 heterocycles. The van der Waals surface area contributed by atoms with Crippen LogP contribution in [0.3, 0.4) is 0 Å². The topological polar surface area (TPSA) is 101 Å². The van der Waals surface area contributed by atoms with Crippen molar-refractivity contribution < 1.29 is 18.3 Å². The van der Waals surface area contributed by atoms with Gasteiger partial charge >= 0.3 is 5.97 Å². The summed E-state index contributed by atoms with van der Waals surface area (Å²) in [6, 6.07) is 6.20. The lowest BCUT2D eigenvalue weighted by Gasteiger charge is -2.07. The van der Waals surface area contributed by atoms with Crippen LogP contribution < -0.4 is 4.72 Å². The largest absolute Gasteiger partial charge is 0.481 e. The second kappa shape index (κ2) is 6.82. The number of imidazole rings is 1. The number of aromatic nitrogens is 2. The molecule has 0 amide bonds. The van der Waals surface area contributed by atoms with E-state index in [1.807, 2.05) is 13.8 Å². The number of anilines is 1. The van der Waals surface area contributed by atoms with Gasteiger partial charge in [-0.05, 0) is 23.6 Å². The van der Waals surface area contributed by atoms with Gasteiger partial charge in [0.25, 0.3) is 10.0 Å². The molecule has 1 aromatic heterocycles. The fraction of sp³-hybridized carbons (Fsp3) is 0.333. The Morgan fingerprint density at radius 1 is 1.30 bits per heavy atom. The third kappa shape index (κ3) is 4.82. The molecular formula is C15H19N3O4S. The molecule has 23 heavy (non-hydrogen) atoms. The quantitative estimate of drug-likeness (QED) is 0.804. The van der Waals surface area contributed by atoms with Gasteiger partial charge in [-0.15, -0.1) is 0 Å². The van der Waals surface area contributed by atoms with E-state index in [9.17, 15) is 13.2 Å². The van der Waals surface area contributed by atoms with Crippen LogP contribution in [0.4, 0.5) is 5.69 Å². The van der Waals surface area contributed by atoms with Crippen molar-refractivity contribution in [3.8, 4) is 0 Å². The monoisotopic (exact) mass is 337 g/mol. The SMILES string of the molecule is CC(C)Cn1cnc(S(=O)(=O)Nc2ccc(CC(=O)O)cc2)c1. The molecule has 0 unspecified atom stereocenters. The summed E-state index contributed by atoms with van der Waals surface area (Å²) in [5, 5.41) is 8.67. The minimum Gasteiger partial charge on any atom is -0.481 e. The van der Waals surface area contributed by atoms with E-state index in [0.717, 1.165) is 0 Å². The van der Waals surface area contributed by atoms with Gasteiger partial charge in [0.1, 0.15) is 0 Å². The van der Waals surface area contributed by atoms with Crippen molar-refractivity contribution in [1.29, 1.82) is 0 Å². The maximum absolute atomic E-state index is 12.3. The van der Waals surface area contributed by atoms with Crippen molar-refractivity contribution in [1.82, 2.24) is 9.55 Å². The van der Waals surface area contributed by atoms with Crippen LogP contribution in [0.1, 0.15) is 19.4 Å². The number of nitrogens with one attached hydrogen (secondary N) is 1. The number of nitrogens with zero attached hydrogens (tertiary/aromatic N) is 2. The number of aliphatic carboxylic acids is 1. The van der Waals surface area contributed by atoms with Crippen LogP contribution >= 0.6 is 0 Å². The maximum Gasteiger partial charge on any atom is 0.307 e. The molecule has 0 fully saturated rings. The molecule has 8 heteroatoms. The zero-order valence-electron chi connectivity index (χ0n) is 12.9. The Morgan fingerprint density at radius 3 is 2.52 bits per heavy atom. The summed E-state index contributed by atoms with van der Waals surface area (Å²) in [7, 11) is -3.76. The molecule has 0 aliphatic carbocycles. The van der Waals surface area contributed by atoms with Crippen molar-refractivity contribution in [3.05, 3.63) is 42.4 Å². The Bertz CT molecular complexity index is 779. The summed E-state index contributed by atoms with van der Waals surface area (Å²) in [4.78, 5) is 14.6. The molecule has 0 saturated carbocycles. The Balaban J connectivity index is 2.11. The molecule has 0 atom stereocenters. The lowest BCUT2D eigenvalue weighted by atomic mass is 10.1. The Labute approximate surface area is 135 Å². The molecule has 2 rings (SSSR count). The predicted octanol–water partition coefficient (Wildman–Crippen LogP) is 1.97. The highest BCUT2D eigenvalue weighted by atomic mass is 32.2. The van der Waals surface area contributed by atoms with Crippen molar-refractivity contribution >= 4 is 21.7 Å². The number of carboxylic acid groups (broad SMARTS) is 1. The van der Waals surface area contributed by atoms with Crippen molar-refractivity contribution in [2.75, 3.05) is 4.72 Å². The molecule has 0 saturated heterocycles. The molecule has 0 aliphatic heterocycles. The number of sulfonamides is 1. The van der Waals surface area contributed by atoms with Crippen molar-refractivity contribution in [2.45, 2.75) is 31.8 Å². The zero-order chi connectivity index (χ0) is 17.0. The van der Waals surface area contributed by atoms with E-state index >= 15 is 0 Å². The summed E-state index contributed by atoms with van der Waals surface area (Å²) in [6.07, 6.45) is 2.87. The van der Waals surface area contributed by atoms with E-state index in [0.29, 0.717) is 23.7 Å². The second-order valence-corrected chi connectivity index (χ2v) is 7.30. The fourth-order valence-corrected chi connectivity index (χ4v) is 3.08. The van der Waals surface area contributed by atoms with Crippen LogP contribution in [0.2, 0.25) is 0 Å². The van der Waals surface area contributed by atoms with Crippen molar-refractivity contribution in [2.24, 2.45) is 5.92 Å². The second-order valence-electron chi connectivity index (χ2n) is 5.68. The number of benzene rings is 1. The highest BCUT2D eigenvalue weighted by Crippen LogP contribution is 2.16. The Hall–Kier alpha value is -2.35. The molecule has 2 aromatic rings. The third-order valence-corrected chi connectivity index (χ3v) is 4.29. The molecular weight excluding hydrogens is 318 g/mol. The van der Waals surface area contributed by atoms with Gasteiger partial charge in [0.15, 0.2) is 5.03 Å². The van der Waals surface area contributed by atoms with Gasteiger partial charge in [-0.2, -0.15) is 8.42 Å². The first-order chi connectivity index (χ1) is 10.8. The minimum atomic E-state index is -3.76. The lowest BCUT2D eigenvalue weighted by molar-refractivity contribution is -0.136. The van der Waals surface area contributed by atoms with Gasteiger partial charge in [0.2, 0.25) is 0 Å². The van der Waals surface area contributed by atoms with E-state index in [-0.39, 0.29) is 11.4 Å². The van der Waals surface area contributed by atoms with Crippen LogP contribution in [-0.4, -0.2) is 29.0 Å². The molecule has 1 aromatic carbocycles. The number of hydrogen-bond donors (Lipinski definition) is 2. The molecule has 124 valence electrons. The average molecular weight is 337 g/mol. The van der Waals surface area contributed by atoms with E-state index in [2.05, 4.69) is 9.71 Å². The maximum atomic E-state index is 12.3. The van der Waals surface area contributed by atoms with Crippen molar-refractivity contribution in [3.63, 3.8) is 0 Å². The van der Waals surface area contributed by atoms with Gasteiger partial charge in [-0.1, -0.05) is 26.0 Å². The smallest absolute Gasteiger partial charge is 0.307 e. The molecule has 0 radical (unpaired) electrons. The van der Waals surface area contributed by atoms with Crippen LogP contribution in [0, 0.1) is 5.92 Å². The number of carbonyl (C=O) groups is 1.